The Hall–Kier alpha value is -3.73. The molecule has 0 amide bonds. The van der Waals surface area contributed by atoms with E-state index in [1.807, 2.05) is 0 Å². The number of hydrogen-bond donors (Lipinski definition) is 1. The Morgan fingerprint density at radius 1 is 0.730 bits per heavy atom. The van der Waals surface area contributed by atoms with Crippen molar-refractivity contribution in [3.05, 3.63) is 94.5 Å². The number of aliphatic hydroxyl groups is 1. The van der Waals surface area contributed by atoms with Gasteiger partial charge in [0.25, 0.3) is 0 Å². The lowest BCUT2D eigenvalue weighted by Gasteiger charge is -2.16. The van der Waals surface area contributed by atoms with E-state index in [4.69, 9.17) is 9.47 Å². The topological polar surface area (TPSA) is 65.0 Å². The van der Waals surface area contributed by atoms with Crippen LogP contribution in [0.5, 0.6) is 11.5 Å². The summed E-state index contributed by atoms with van der Waals surface area (Å²) >= 11 is 0. The Morgan fingerprint density at radius 2 is 1.16 bits per heavy atom. The van der Waals surface area contributed by atoms with Gasteiger partial charge in [-0.05, 0) is 53.1 Å². The van der Waals surface area contributed by atoms with E-state index >= 15 is 0 Å². The summed E-state index contributed by atoms with van der Waals surface area (Å²) in [7, 11) is 1.13. The third kappa shape index (κ3) is 7.88. The van der Waals surface area contributed by atoms with Crippen molar-refractivity contribution in [2.75, 3.05) is 7.11 Å². The van der Waals surface area contributed by atoms with Crippen LogP contribution in [-0.2, 0) is 41.5 Å². The minimum absolute atomic E-state index is 0.0983. The first-order chi connectivity index (χ1) is 17.4. The summed E-state index contributed by atoms with van der Waals surface area (Å²) in [5.74, 6) is -0.487. The van der Waals surface area contributed by atoms with Gasteiger partial charge in [0, 0.05) is 6.42 Å². The molecule has 0 saturated heterocycles. The number of esters is 1. The molecule has 0 aromatic heterocycles. The summed E-state index contributed by atoms with van der Waals surface area (Å²) < 4.78 is 92.7. The second kappa shape index (κ2) is 11.5. The maximum absolute atomic E-state index is 12.8. The van der Waals surface area contributed by atoms with Gasteiger partial charge in [-0.3, -0.25) is 0 Å². The number of carbonyl (C=O) groups excluding carboxylic acids is 1. The number of benzene rings is 3. The van der Waals surface area contributed by atoms with Gasteiger partial charge in [0.15, 0.2) is 17.6 Å². The van der Waals surface area contributed by atoms with Crippen LogP contribution in [0.4, 0.5) is 26.3 Å². The van der Waals surface area contributed by atoms with Crippen molar-refractivity contribution in [3.8, 4) is 11.5 Å². The van der Waals surface area contributed by atoms with Crippen LogP contribution in [0.15, 0.2) is 66.7 Å². The molecule has 11 heteroatoms. The molecule has 1 N–H and O–H groups in total. The van der Waals surface area contributed by atoms with Crippen molar-refractivity contribution < 1.29 is 50.5 Å². The molecule has 5 nitrogen and oxygen atoms in total. The van der Waals surface area contributed by atoms with E-state index < -0.39 is 35.6 Å². The normalized spacial score (nSPS) is 12.6. The quantitative estimate of drug-likeness (QED) is 0.274. The van der Waals surface area contributed by atoms with Gasteiger partial charge in [-0.2, -0.15) is 26.3 Å². The molecule has 0 radical (unpaired) electrons. The predicted octanol–water partition coefficient (Wildman–Crippen LogP) is 5.96. The Balaban J connectivity index is 1.77. The third-order valence-electron chi connectivity index (χ3n) is 5.26. The first-order valence-corrected chi connectivity index (χ1v) is 10.8. The number of hydrogen-bond acceptors (Lipinski definition) is 5. The van der Waals surface area contributed by atoms with Gasteiger partial charge in [0.2, 0.25) is 0 Å². The van der Waals surface area contributed by atoms with Gasteiger partial charge >= 0.3 is 18.3 Å². The summed E-state index contributed by atoms with van der Waals surface area (Å²) in [4.78, 5) is 11.5. The van der Waals surface area contributed by atoms with Crippen LogP contribution in [0.1, 0.15) is 27.8 Å². The van der Waals surface area contributed by atoms with Crippen LogP contribution in [0.3, 0.4) is 0 Å². The number of halogens is 6. The van der Waals surface area contributed by atoms with Crippen molar-refractivity contribution in [1.29, 1.82) is 0 Å². The van der Waals surface area contributed by atoms with Crippen molar-refractivity contribution in [1.82, 2.24) is 0 Å². The van der Waals surface area contributed by atoms with Crippen molar-refractivity contribution in [2.24, 2.45) is 0 Å². The minimum Gasteiger partial charge on any atom is -0.485 e. The zero-order chi connectivity index (χ0) is 27.2. The van der Waals surface area contributed by atoms with E-state index in [0.29, 0.717) is 16.7 Å². The average Bonchev–Trinajstić information content (AvgIpc) is 2.85. The van der Waals surface area contributed by atoms with Crippen molar-refractivity contribution in [3.63, 3.8) is 0 Å². The summed E-state index contributed by atoms with van der Waals surface area (Å²) in [5, 5.41) is 9.94. The molecular weight excluding hydrogens is 506 g/mol. The van der Waals surface area contributed by atoms with E-state index in [0.717, 1.165) is 31.4 Å². The highest BCUT2D eigenvalue weighted by Crippen LogP contribution is 2.33. The summed E-state index contributed by atoms with van der Waals surface area (Å²) in [6.45, 7) is -0.226. The number of ether oxygens (including phenoxy) is 3. The molecule has 0 unspecified atom stereocenters. The van der Waals surface area contributed by atoms with E-state index in [-0.39, 0.29) is 31.1 Å². The van der Waals surface area contributed by atoms with Gasteiger partial charge in [0.05, 0.1) is 18.2 Å². The fourth-order valence-electron chi connectivity index (χ4n) is 3.26. The molecular formula is C26H22F6O5. The smallest absolute Gasteiger partial charge is 0.416 e. The molecule has 0 saturated carbocycles. The van der Waals surface area contributed by atoms with E-state index in [9.17, 15) is 36.2 Å². The van der Waals surface area contributed by atoms with Crippen molar-refractivity contribution in [2.45, 2.75) is 38.1 Å². The Kier molecular flexibility index (Phi) is 8.69. The Bertz CT molecular complexity index is 1190. The van der Waals surface area contributed by atoms with Gasteiger partial charge in [0.1, 0.15) is 13.2 Å². The molecule has 0 spiro atoms. The SMILES string of the molecule is COC(=O)[C@H](O)Cc1ccc(OCc2ccc(C(F)(F)F)cc2)c(OCc2ccc(C(F)(F)F)cc2)c1. The largest absolute Gasteiger partial charge is 0.485 e. The summed E-state index contributed by atoms with van der Waals surface area (Å²) in [5.41, 5.74) is -0.253. The lowest BCUT2D eigenvalue weighted by Crippen LogP contribution is -2.24. The number of carbonyl (C=O) groups is 1. The average molecular weight is 528 g/mol. The van der Waals surface area contributed by atoms with Gasteiger partial charge in [-0.1, -0.05) is 30.3 Å². The maximum Gasteiger partial charge on any atom is 0.416 e. The highest BCUT2D eigenvalue weighted by atomic mass is 19.4. The molecule has 3 aromatic rings. The number of alkyl halides is 6. The summed E-state index contributed by atoms with van der Waals surface area (Å²) in [6, 6.07) is 13.3. The summed E-state index contributed by atoms with van der Waals surface area (Å²) in [6.07, 6.45) is -10.5. The van der Waals surface area contributed by atoms with Crippen LogP contribution < -0.4 is 9.47 Å². The lowest BCUT2D eigenvalue weighted by molar-refractivity contribution is -0.150. The molecule has 0 aliphatic heterocycles. The maximum atomic E-state index is 12.8. The molecule has 0 aliphatic rings. The van der Waals surface area contributed by atoms with Crippen LogP contribution in [0, 0.1) is 0 Å². The first kappa shape index (κ1) is 27.9. The van der Waals surface area contributed by atoms with E-state index in [1.165, 1.54) is 36.4 Å². The van der Waals surface area contributed by atoms with Crippen molar-refractivity contribution >= 4 is 5.97 Å². The molecule has 3 aromatic carbocycles. The molecule has 37 heavy (non-hydrogen) atoms. The van der Waals surface area contributed by atoms with Gasteiger partial charge in [-0.15, -0.1) is 0 Å². The zero-order valence-corrected chi connectivity index (χ0v) is 19.4. The Labute approximate surface area is 208 Å². The second-order valence-corrected chi connectivity index (χ2v) is 7.99. The molecule has 0 aliphatic carbocycles. The van der Waals surface area contributed by atoms with E-state index in [2.05, 4.69) is 4.74 Å². The van der Waals surface area contributed by atoms with Gasteiger partial charge < -0.3 is 19.3 Å². The predicted molar refractivity (Wildman–Crippen MR) is 120 cm³/mol. The molecule has 198 valence electrons. The number of rotatable bonds is 9. The van der Waals surface area contributed by atoms with Crippen LogP contribution >= 0.6 is 0 Å². The fourth-order valence-corrected chi connectivity index (χ4v) is 3.26. The monoisotopic (exact) mass is 528 g/mol. The number of methoxy groups -OCH3 is 1. The molecule has 1 atom stereocenters. The second-order valence-electron chi connectivity index (χ2n) is 7.99. The fraction of sp³-hybridized carbons (Fsp3) is 0.269. The number of aliphatic hydroxyl groups excluding tert-OH is 1. The first-order valence-electron chi connectivity index (χ1n) is 10.8. The lowest BCUT2D eigenvalue weighted by atomic mass is 10.1. The van der Waals surface area contributed by atoms with Crippen LogP contribution in [-0.4, -0.2) is 24.3 Å². The molecule has 0 fully saturated rings. The zero-order valence-electron chi connectivity index (χ0n) is 19.4. The highest BCUT2D eigenvalue weighted by molar-refractivity contribution is 5.74. The highest BCUT2D eigenvalue weighted by Gasteiger charge is 2.30. The molecule has 3 rings (SSSR count). The third-order valence-corrected chi connectivity index (χ3v) is 5.26. The van der Waals surface area contributed by atoms with Crippen LogP contribution in [0.25, 0.3) is 0 Å². The van der Waals surface area contributed by atoms with E-state index in [1.54, 1.807) is 6.07 Å². The molecule has 0 bridgehead atoms. The minimum atomic E-state index is -4.48. The van der Waals surface area contributed by atoms with Gasteiger partial charge in [-0.25, -0.2) is 4.79 Å². The molecule has 0 heterocycles. The Morgan fingerprint density at radius 3 is 1.59 bits per heavy atom. The van der Waals surface area contributed by atoms with Crippen LogP contribution in [0.2, 0.25) is 0 Å². The standard InChI is InChI=1S/C26H22F6O5/c1-35-24(34)21(33)12-18-6-11-22(36-14-16-2-7-19(8-3-16)25(27,28)29)23(13-18)37-15-17-4-9-20(10-5-17)26(30,31)32/h2-11,13,21,33H,12,14-15H2,1H3/t21-/m1/s1.